The van der Waals surface area contributed by atoms with E-state index in [-0.39, 0.29) is 0 Å². The maximum absolute atomic E-state index is 9.84. The van der Waals surface area contributed by atoms with Gasteiger partial charge in [0.25, 0.3) is 0 Å². The van der Waals surface area contributed by atoms with Gasteiger partial charge in [-0.15, -0.1) is 0 Å². The Hall–Kier alpha value is -3.17. The van der Waals surface area contributed by atoms with Crippen molar-refractivity contribution >= 4 is 33.4 Å². The van der Waals surface area contributed by atoms with Crippen molar-refractivity contribution in [2.75, 3.05) is 37.6 Å². The molecule has 5 rings (SSSR count). The van der Waals surface area contributed by atoms with Crippen LogP contribution in [0.3, 0.4) is 0 Å². The van der Waals surface area contributed by atoms with Crippen LogP contribution in [0.5, 0.6) is 0 Å². The minimum Gasteiger partial charge on any atom is -0.370 e. The summed E-state index contributed by atoms with van der Waals surface area (Å²) in [4.78, 5) is 14.6. The molecule has 6 heteroatoms. The van der Waals surface area contributed by atoms with Crippen molar-refractivity contribution in [2.45, 2.75) is 20.3 Å². The Morgan fingerprint density at radius 1 is 1.03 bits per heavy atom. The molecule has 0 amide bonds. The van der Waals surface area contributed by atoms with Gasteiger partial charge in [-0.1, -0.05) is 19.1 Å². The Morgan fingerprint density at radius 3 is 2.72 bits per heavy atom. The number of hydrogen-bond acceptors (Lipinski definition) is 5. The van der Waals surface area contributed by atoms with Crippen LogP contribution in [0.2, 0.25) is 0 Å². The largest absolute Gasteiger partial charge is 0.370 e. The van der Waals surface area contributed by atoms with Gasteiger partial charge in [-0.2, -0.15) is 5.26 Å². The molecule has 1 aliphatic heterocycles. The highest BCUT2D eigenvalue weighted by atomic mass is 15.2. The van der Waals surface area contributed by atoms with Gasteiger partial charge in [0.1, 0.15) is 11.7 Å². The number of hydrogen-bond donors (Lipinski definition) is 0. The lowest BCUT2D eigenvalue weighted by Gasteiger charge is -2.25. The highest BCUT2D eigenvalue weighted by Crippen LogP contribution is 2.32. The lowest BCUT2D eigenvalue weighted by molar-refractivity contribution is 0.310. The average Bonchev–Trinajstić information content (AvgIpc) is 2.97. The Balaban J connectivity index is 1.80. The van der Waals surface area contributed by atoms with Gasteiger partial charge in [0.15, 0.2) is 5.65 Å². The summed E-state index contributed by atoms with van der Waals surface area (Å²) in [5, 5.41) is 10.9. The van der Waals surface area contributed by atoms with E-state index in [1.807, 2.05) is 37.3 Å². The van der Waals surface area contributed by atoms with Crippen LogP contribution >= 0.6 is 0 Å². The summed E-state index contributed by atoms with van der Waals surface area (Å²) in [6.45, 7) is 9.54. The molecule has 0 spiro atoms. The van der Waals surface area contributed by atoms with Gasteiger partial charge in [0, 0.05) is 36.4 Å². The van der Waals surface area contributed by atoms with Gasteiger partial charge in [-0.05, 0) is 50.7 Å². The fraction of sp³-hybridized carbons (Fsp3) is 0.348. The van der Waals surface area contributed by atoms with E-state index in [9.17, 15) is 5.26 Å². The van der Waals surface area contributed by atoms with Crippen molar-refractivity contribution in [3.8, 4) is 6.07 Å². The second-order valence-electron chi connectivity index (χ2n) is 7.72. The SMILES string of the molecule is CCN1CCCN(c2cc(C)nc3c2cc(C#N)c2nc4ccccc4n23)CC1. The number of fused-ring (bicyclic) bond motifs is 5. The normalized spacial score (nSPS) is 15.8. The molecule has 0 bridgehead atoms. The molecule has 0 radical (unpaired) electrons. The van der Waals surface area contributed by atoms with Crippen molar-refractivity contribution in [1.29, 1.82) is 5.26 Å². The van der Waals surface area contributed by atoms with E-state index in [1.165, 1.54) is 5.69 Å². The molecular formula is C23H24N6. The molecule has 0 atom stereocenters. The van der Waals surface area contributed by atoms with Crippen molar-refractivity contribution < 1.29 is 0 Å². The molecule has 1 saturated heterocycles. The Morgan fingerprint density at radius 2 is 1.90 bits per heavy atom. The Labute approximate surface area is 170 Å². The zero-order valence-corrected chi connectivity index (χ0v) is 16.9. The third kappa shape index (κ3) is 2.90. The van der Waals surface area contributed by atoms with Crippen LogP contribution in [-0.4, -0.2) is 52.0 Å². The zero-order valence-electron chi connectivity index (χ0n) is 16.9. The molecule has 4 aromatic rings. The smallest absolute Gasteiger partial charge is 0.157 e. The number of rotatable bonds is 2. The summed E-state index contributed by atoms with van der Waals surface area (Å²) in [6.07, 6.45) is 1.14. The average molecular weight is 384 g/mol. The topological polar surface area (TPSA) is 60.5 Å². The molecule has 0 saturated carbocycles. The second kappa shape index (κ2) is 7.02. The zero-order chi connectivity index (χ0) is 20.0. The number of pyridine rings is 2. The van der Waals surface area contributed by atoms with Crippen LogP contribution in [-0.2, 0) is 0 Å². The van der Waals surface area contributed by atoms with E-state index in [0.717, 1.165) is 66.9 Å². The van der Waals surface area contributed by atoms with Gasteiger partial charge >= 0.3 is 0 Å². The van der Waals surface area contributed by atoms with Crippen LogP contribution in [0.1, 0.15) is 24.6 Å². The maximum Gasteiger partial charge on any atom is 0.157 e. The van der Waals surface area contributed by atoms with Crippen molar-refractivity contribution in [2.24, 2.45) is 0 Å². The van der Waals surface area contributed by atoms with E-state index in [0.29, 0.717) is 11.2 Å². The van der Waals surface area contributed by atoms with Crippen LogP contribution in [0.4, 0.5) is 5.69 Å². The lowest BCUT2D eigenvalue weighted by Crippen LogP contribution is -2.30. The molecule has 3 aromatic heterocycles. The quantitative estimate of drug-likeness (QED) is 0.527. The second-order valence-corrected chi connectivity index (χ2v) is 7.72. The summed E-state index contributed by atoms with van der Waals surface area (Å²) < 4.78 is 2.05. The third-order valence-corrected chi connectivity index (χ3v) is 5.94. The number of imidazole rings is 1. The van der Waals surface area contributed by atoms with Gasteiger partial charge in [-0.25, -0.2) is 9.97 Å². The van der Waals surface area contributed by atoms with E-state index >= 15 is 0 Å². The molecule has 1 aliphatic rings. The minimum absolute atomic E-state index is 0.589. The number of aromatic nitrogens is 3. The van der Waals surface area contributed by atoms with E-state index < -0.39 is 0 Å². The molecule has 29 heavy (non-hydrogen) atoms. The molecule has 146 valence electrons. The first-order valence-corrected chi connectivity index (χ1v) is 10.3. The number of nitriles is 1. The summed E-state index contributed by atoms with van der Waals surface area (Å²) in [7, 11) is 0. The number of nitrogens with zero attached hydrogens (tertiary/aromatic N) is 6. The Bertz CT molecular complexity index is 1270. The number of likely N-dealkylation sites (N-methyl/N-ethyl adjacent to an activating group) is 1. The number of anilines is 1. The molecule has 4 heterocycles. The minimum atomic E-state index is 0.589. The molecular weight excluding hydrogens is 360 g/mol. The number of benzene rings is 1. The monoisotopic (exact) mass is 384 g/mol. The van der Waals surface area contributed by atoms with E-state index in [1.54, 1.807) is 0 Å². The summed E-state index contributed by atoms with van der Waals surface area (Å²) in [6, 6.07) is 14.5. The van der Waals surface area contributed by atoms with Crippen LogP contribution in [0.25, 0.3) is 27.7 Å². The van der Waals surface area contributed by atoms with Crippen LogP contribution < -0.4 is 4.90 Å². The first-order valence-electron chi connectivity index (χ1n) is 10.3. The highest BCUT2D eigenvalue weighted by Gasteiger charge is 2.20. The molecule has 1 aromatic carbocycles. The van der Waals surface area contributed by atoms with Crippen molar-refractivity contribution in [3.05, 3.63) is 47.7 Å². The van der Waals surface area contributed by atoms with Gasteiger partial charge in [0.2, 0.25) is 0 Å². The summed E-state index contributed by atoms with van der Waals surface area (Å²) >= 11 is 0. The van der Waals surface area contributed by atoms with Gasteiger partial charge in [0.05, 0.1) is 16.6 Å². The van der Waals surface area contributed by atoms with Gasteiger partial charge in [-0.3, -0.25) is 4.40 Å². The standard InChI is InChI=1S/C23H24N6/c1-3-27-9-6-10-28(12-11-27)21-13-16(2)25-23-18(21)14-17(15-24)22-26-19-7-4-5-8-20(19)29(22)23/h4-5,7-8,13-14H,3,6,9-12H2,1-2H3. The van der Waals surface area contributed by atoms with Crippen molar-refractivity contribution in [3.63, 3.8) is 0 Å². The third-order valence-electron chi connectivity index (χ3n) is 5.94. The fourth-order valence-corrected chi connectivity index (χ4v) is 4.46. The predicted molar refractivity (Wildman–Crippen MR) is 116 cm³/mol. The molecule has 6 nitrogen and oxygen atoms in total. The number of aryl methyl sites for hydroxylation is 1. The molecule has 0 unspecified atom stereocenters. The lowest BCUT2D eigenvalue weighted by atomic mass is 10.1. The van der Waals surface area contributed by atoms with Crippen molar-refractivity contribution in [1.82, 2.24) is 19.3 Å². The molecule has 0 aliphatic carbocycles. The molecule has 0 N–H and O–H groups in total. The van der Waals surface area contributed by atoms with Gasteiger partial charge < -0.3 is 9.80 Å². The van der Waals surface area contributed by atoms with E-state index in [2.05, 4.69) is 33.3 Å². The summed E-state index contributed by atoms with van der Waals surface area (Å²) in [5.74, 6) is 0. The van der Waals surface area contributed by atoms with Crippen LogP contribution in [0.15, 0.2) is 36.4 Å². The highest BCUT2D eigenvalue weighted by molar-refractivity contribution is 5.97. The summed E-state index contributed by atoms with van der Waals surface area (Å²) in [5.41, 5.74) is 6.16. The maximum atomic E-state index is 9.84. The van der Waals surface area contributed by atoms with Crippen LogP contribution in [0, 0.1) is 18.3 Å². The number of para-hydroxylation sites is 2. The predicted octanol–water partition coefficient (Wildman–Crippen LogP) is 3.75. The first-order chi connectivity index (χ1) is 14.2. The van der Waals surface area contributed by atoms with E-state index in [4.69, 9.17) is 9.97 Å². The Kier molecular flexibility index (Phi) is 4.33. The first kappa shape index (κ1) is 17.9. The fourth-order valence-electron chi connectivity index (χ4n) is 4.46. The molecule has 1 fully saturated rings.